The number of aliphatic hydroxyl groups excluding tert-OH is 2. The molecule has 0 aliphatic heterocycles. The van der Waals surface area contributed by atoms with Gasteiger partial charge in [-0.3, -0.25) is 9.59 Å². The van der Waals surface area contributed by atoms with E-state index in [9.17, 15) is 40.2 Å². The van der Waals surface area contributed by atoms with Gasteiger partial charge in [0.1, 0.15) is 34.5 Å². The average molecular weight is 627 g/mol. The number of carbonyl (C=O) groups excluding carboxylic acids is 2. The second kappa shape index (κ2) is 11.4. The fourth-order valence-electron chi connectivity index (χ4n) is 7.09. The minimum Gasteiger partial charge on any atom is -0.507 e. The van der Waals surface area contributed by atoms with E-state index in [1.54, 1.807) is 38.1 Å². The molecule has 4 atom stereocenters. The minimum absolute atomic E-state index is 0.0659. The summed E-state index contributed by atoms with van der Waals surface area (Å²) in [7, 11) is 2.82. The quantitative estimate of drug-likeness (QED) is 0.172. The number of phenols is 4. The molecule has 0 fully saturated rings. The third-order valence-electron chi connectivity index (χ3n) is 8.77. The summed E-state index contributed by atoms with van der Waals surface area (Å²) in [6.07, 6.45) is -1.24. The number of benzene rings is 4. The Morgan fingerprint density at radius 2 is 0.848 bits per heavy atom. The molecule has 0 aromatic heterocycles. The predicted molar refractivity (Wildman–Crippen MR) is 167 cm³/mol. The molecule has 6 rings (SSSR count). The highest BCUT2D eigenvalue weighted by Crippen LogP contribution is 2.57. The van der Waals surface area contributed by atoms with Gasteiger partial charge in [-0.1, -0.05) is 12.1 Å². The second-order valence-electron chi connectivity index (χ2n) is 12.1. The topological polar surface area (TPSA) is 174 Å². The first kappa shape index (κ1) is 30.9. The van der Waals surface area contributed by atoms with Crippen LogP contribution in [0.5, 0.6) is 34.5 Å². The number of hydrogen-bond donors (Lipinski definition) is 6. The molecule has 0 radical (unpaired) electrons. The standard InChI is InChI=1S/C36H34O10/c1-15(37)5-17-7-21-29(23-11-19(45-3)13-27(41)33(23)35(43)31(21)25(39)9-17)30-22-8-18(6-16(2)38)10-26(40)32(22)36(44)34-24(30)12-20(46-4)14-28(34)42/h7-16,29-30,37-42H,5-6H2,1-4H3/t15-,16-,29+,30+/m0/s1. The number of carbonyl (C=O) groups is 2. The van der Waals surface area contributed by atoms with Crippen LogP contribution in [-0.4, -0.2) is 68.6 Å². The molecule has 238 valence electrons. The first-order valence-corrected chi connectivity index (χ1v) is 14.8. The van der Waals surface area contributed by atoms with Gasteiger partial charge in [0.25, 0.3) is 0 Å². The summed E-state index contributed by atoms with van der Waals surface area (Å²) in [6.45, 7) is 3.19. The number of hydrogen-bond acceptors (Lipinski definition) is 10. The number of ketones is 2. The number of methoxy groups -OCH3 is 2. The highest BCUT2D eigenvalue weighted by molar-refractivity contribution is 6.18. The number of aromatic hydroxyl groups is 4. The summed E-state index contributed by atoms with van der Waals surface area (Å²) < 4.78 is 11.0. The minimum atomic E-state index is -0.915. The van der Waals surface area contributed by atoms with Crippen LogP contribution in [0.1, 0.15) is 90.9 Å². The van der Waals surface area contributed by atoms with Crippen molar-refractivity contribution >= 4 is 11.6 Å². The Balaban J connectivity index is 1.78. The highest BCUT2D eigenvalue weighted by atomic mass is 16.5. The van der Waals surface area contributed by atoms with E-state index in [1.807, 2.05) is 0 Å². The molecular formula is C36H34O10. The number of ether oxygens (including phenoxy) is 2. The SMILES string of the molecule is COc1cc(O)c2c(c1)[C@H]([C@@H]1c3cc(C[C@H](C)O)cc(O)c3C(=O)c3c(O)cc(OC)cc31)c1cc(C[C@H](C)O)cc(O)c1C2=O. The molecule has 0 saturated heterocycles. The molecule has 0 heterocycles. The van der Waals surface area contributed by atoms with Gasteiger partial charge in [-0.2, -0.15) is 0 Å². The van der Waals surface area contributed by atoms with Crippen molar-refractivity contribution in [3.8, 4) is 34.5 Å². The smallest absolute Gasteiger partial charge is 0.201 e. The molecule has 0 unspecified atom stereocenters. The van der Waals surface area contributed by atoms with Crippen LogP contribution in [0.15, 0.2) is 48.5 Å². The Kier molecular flexibility index (Phi) is 7.66. The molecule has 10 nitrogen and oxygen atoms in total. The van der Waals surface area contributed by atoms with Gasteiger partial charge < -0.3 is 40.1 Å². The van der Waals surface area contributed by atoms with Gasteiger partial charge in [-0.05, 0) is 84.3 Å². The van der Waals surface area contributed by atoms with Crippen molar-refractivity contribution in [2.45, 2.75) is 50.7 Å². The van der Waals surface area contributed by atoms with Crippen molar-refractivity contribution in [2.75, 3.05) is 14.2 Å². The molecule has 4 aromatic rings. The number of aliphatic hydroxyl groups is 2. The van der Waals surface area contributed by atoms with E-state index < -0.39 is 35.6 Å². The molecule has 10 heteroatoms. The van der Waals surface area contributed by atoms with Crippen LogP contribution in [0, 0.1) is 0 Å². The summed E-state index contributed by atoms with van der Waals surface area (Å²) in [6, 6.07) is 12.0. The van der Waals surface area contributed by atoms with E-state index in [2.05, 4.69) is 0 Å². The van der Waals surface area contributed by atoms with Crippen molar-refractivity contribution in [3.05, 3.63) is 104 Å². The van der Waals surface area contributed by atoms with E-state index in [4.69, 9.17) is 9.47 Å². The number of rotatable bonds is 7. The van der Waals surface area contributed by atoms with Crippen LogP contribution < -0.4 is 9.47 Å². The van der Waals surface area contributed by atoms with Gasteiger partial charge in [0, 0.05) is 24.0 Å². The van der Waals surface area contributed by atoms with Crippen LogP contribution in [0.25, 0.3) is 0 Å². The van der Waals surface area contributed by atoms with E-state index >= 15 is 0 Å². The van der Waals surface area contributed by atoms with Crippen molar-refractivity contribution in [2.24, 2.45) is 0 Å². The van der Waals surface area contributed by atoms with Crippen LogP contribution in [0.3, 0.4) is 0 Å². The normalized spacial score (nSPS) is 17.8. The third kappa shape index (κ3) is 4.90. The zero-order valence-electron chi connectivity index (χ0n) is 25.7. The zero-order valence-corrected chi connectivity index (χ0v) is 25.7. The average Bonchev–Trinajstić information content (AvgIpc) is 2.96. The van der Waals surface area contributed by atoms with Crippen molar-refractivity contribution in [3.63, 3.8) is 0 Å². The van der Waals surface area contributed by atoms with Crippen LogP contribution >= 0.6 is 0 Å². The van der Waals surface area contributed by atoms with Crippen molar-refractivity contribution in [1.82, 2.24) is 0 Å². The molecular weight excluding hydrogens is 592 g/mol. The Morgan fingerprint density at radius 3 is 1.15 bits per heavy atom. The molecule has 0 saturated carbocycles. The Morgan fingerprint density at radius 1 is 0.543 bits per heavy atom. The second-order valence-corrected chi connectivity index (χ2v) is 12.1. The summed E-state index contributed by atoms with van der Waals surface area (Å²) in [5.41, 5.74) is 2.12. The van der Waals surface area contributed by atoms with Crippen molar-refractivity contribution in [1.29, 1.82) is 0 Å². The first-order chi connectivity index (χ1) is 21.8. The van der Waals surface area contributed by atoms with Gasteiger partial charge in [-0.25, -0.2) is 0 Å². The molecule has 0 amide bonds. The van der Waals surface area contributed by atoms with Crippen LogP contribution in [0.2, 0.25) is 0 Å². The molecule has 2 aliphatic carbocycles. The fourth-order valence-corrected chi connectivity index (χ4v) is 7.09. The van der Waals surface area contributed by atoms with Gasteiger partial charge in [-0.15, -0.1) is 0 Å². The molecule has 4 aromatic carbocycles. The predicted octanol–water partition coefficient (Wildman–Crippen LogP) is 4.43. The van der Waals surface area contributed by atoms with E-state index in [0.29, 0.717) is 33.4 Å². The number of fused-ring (bicyclic) bond motifs is 4. The first-order valence-electron chi connectivity index (χ1n) is 14.8. The largest absolute Gasteiger partial charge is 0.507 e. The lowest BCUT2D eigenvalue weighted by molar-refractivity contribution is 0.101. The van der Waals surface area contributed by atoms with Gasteiger partial charge in [0.2, 0.25) is 11.6 Å². The monoisotopic (exact) mass is 626 g/mol. The summed E-state index contributed by atoms with van der Waals surface area (Å²) in [5.74, 6) is -4.07. The van der Waals surface area contributed by atoms with Crippen LogP contribution in [-0.2, 0) is 12.8 Å². The van der Waals surface area contributed by atoms with E-state index in [-0.39, 0.29) is 69.6 Å². The van der Waals surface area contributed by atoms with E-state index in [0.717, 1.165) is 0 Å². The fraction of sp³-hybridized carbons (Fsp3) is 0.278. The Hall–Kier alpha value is -5.06. The highest BCUT2D eigenvalue weighted by Gasteiger charge is 2.46. The lowest BCUT2D eigenvalue weighted by Crippen LogP contribution is -2.30. The summed E-state index contributed by atoms with van der Waals surface area (Å²) in [4.78, 5) is 28.1. The van der Waals surface area contributed by atoms with Crippen LogP contribution in [0.4, 0.5) is 0 Å². The van der Waals surface area contributed by atoms with Gasteiger partial charge >= 0.3 is 0 Å². The molecule has 0 spiro atoms. The Labute approximate surface area is 264 Å². The summed E-state index contributed by atoms with van der Waals surface area (Å²) >= 11 is 0. The van der Waals surface area contributed by atoms with E-state index in [1.165, 1.54) is 38.5 Å². The maximum atomic E-state index is 14.0. The molecule has 6 N–H and O–H groups in total. The third-order valence-corrected chi connectivity index (χ3v) is 8.77. The molecule has 2 aliphatic rings. The zero-order chi connectivity index (χ0) is 33.2. The maximum Gasteiger partial charge on any atom is 0.201 e. The Bertz CT molecular complexity index is 1780. The van der Waals surface area contributed by atoms with Crippen molar-refractivity contribution < 1.29 is 49.7 Å². The van der Waals surface area contributed by atoms with Gasteiger partial charge in [0.05, 0.1) is 48.7 Å². The summed E-state index contributed by atoms with van der Waals surface area (Å²) in [5, 5.41) is 65.4. The lowest BCUT2D eigenvalue weighted by Gasteiger charge is -2.39. The molecule has 0 bridgehead atoms. The molecule has 46 heavy (non-hydrogen) atoms. The number of phenolic OH excluding ortho intramolecular Hbond substituents is 4. The van der Waals surface area contributed by atoms with Gasteiger partial charge in [0.15, 0.2) is 0 Å². The lowest BCUT2D eigenvalue weighted by atomic mass is 9.63. The maximum absolute atomic E-state index is 14.0.